The third-order valence-electron chi connectivity index (χ3n) is 5.70. The SMILES string of the molecule is CCOc1ccc(N(CC(=O)Nc2ccccc2C(=O)NCCOC)S(=O)(=O)c2ccc(OC)c(OC)c2)cc1. The zero-order valence-corrected chi connectivity index (χ0v) is 23.6. The average Bonchev–Trinajstić information content (AvgIpc) is 2.96. The van der Waals surface area contributed by atoms with Crippen LogP contribution in [0.5, 0.6) is 17.2 Å². The van der Waals surface area contributed by atoms with Crippen LogP contribution < -0.4 is 29.1 Å². The number of rotatable bonds is 14. The summed E-state index contributed by atoms with van der Waals surface area (Å²) in [4.78, 5) is 25.8. The molecule has 11 nitrogen and oxygen atoms in total. The van der Waals surface area contributed by atoms with Crippen molar-refractivity contribution in [3.63, 3.8) is 0 Å². The van der Waals surface area contributed by atoms with Crippen LogP contribution in [0.3, 0.4) is 0 Å². The Balaban J connectivity index is 1.95. The second kappa shape index (κ2) is 14.2. The summed E-state index contributed by atoms with van der Waals surface area (Å²) in [6.07, 6.45) is 0. The van der Waals surface area contributed by atoms with Crippen molar-refractivity contribution in [3.8, 4) is 17.2 Å². The minimum Gasteiger partial charge on any atom is -0.494 e. The molecule has 3 aromatic rings. The van der Waals surface area contributed by atoms with E-state index in [-0.39, 0.29) is 34.1 Å². The Morgan fingerprint density at radius 1 is 0.900 bits per heavy atom. The summed E-state index contributed by atoms with van der Waals surface area (Å²) in [5, 5.41) is 5.38. The Hall–Kier alpha value is -4.29. The predicted molar refractivity (Wildman–Crippen MR) is 151 cm³/mol. The highest BCUT2D eigenvalue weighted by atomic mass is 32.2. The highest BCUT2D eigenvalue weighted by Crippen LogP contribution is 2.32. The maximum Gasteiger partial charge on any atom is 0.264 e. The largest absolute Gasteiger partial charge is 0.494 e. The van der Waals surface area contributed by atoms with E-state index in [1.165, 1.54) is 39.5 Å². The van der Waals surface area contributed by atoms with E-state index in [2.05, 4.69) is 10.6 Å². The van der Waals surface area contributed by atoms with Crippen LogP contribution in [0, 0.1) is 0 Å². The maximum absolute atomic E-state index is 13.9. The first kappa shape index (κ1) is 30.3. The van der Waals surface area contributed by atoms with Gasteiger partial charge < -0.3 is 29.6 Å². The molecule has 0 aliphatic heterocycles. The van der Waals surface area contributed by atoms with Crippen molar-refractivity contribution in [2.24, 2.45) is 0 Å². The molecule has 0 radical (unpaired) electrons. The topological polar surface area (TPSA) is 132 Å². The number of ether oxygens (including phenoxy) is 4. The highest BCUT2D eigenvalue weighted by molar-refractivity contribution is 7.92. The van der Waals surface area contributed by atoms with Gasteiger partial charge >= 0.3 is 0 Å². The van der Waals surface area contributed by atoms with E-state index < -0.39 is 28.4 Å². The maximum atomic E-state index is 13.9. The quantitative estimate of drug-likeness (QED) is 0.282. The normalized spacial score (nSPS) is 10.9. The summed E-state index contributed by atoms with van der Waals surface area (Å²) in [7, 11) is 0.0981. The van der Waals surface area contributed by atoms with Crippen LogP contribution in [-0.2, 0) is 19.6 Å². The molecule has 0 spiro atoms. The number of sulfonamides is 1. The lowest BCUT2D eigenvalue weighted by Crippen LogP contribution is -2.38. The lowest BCUT2D eigenvalue weighted by molar-refractivity contribution is -0.114. The number of carbonyl (C=O) groups is 2. The van der Waals surface area contributed by atoms with Gasteiger partial charge in [-0.05, 0) is 55.5 Å². The summed E-state index contributed by atoms with van der Waals surface area (Å²) < 4.78 is 49.6. The number of methoxy groups -OCH3 is 3. The van der Waals surface area contributed by atoms with Crippen LogP contribution in [-0.4, -0.2) is 67.9 Å². The number of para-hydroxylation sites is 1. The molecule has 0 heterocycles. The van der Waals surface area contributed by atoms with Gasteiger partial charge in [0.05, 0.1) is 49.3 Å². The minimum atomic E-state index is -4.26. The molecular formula is C28H33N3O8S. The van der Waals surface area contributed by atoms with Gasteiger partial charge in [0.2, 0.25) is 5.91 Å². The number of benzene rings is 3. The van der Waals surface area contributed by atoms with Gasteiger partial charge in [0.25, 0.3) is 15.9 Å². The van der Waals surface area contributed by atoms with Gasteiger partial charge in [0.1, 0.15) is 12.3 Å². The summed E-state index contributed by atoms with van der Waals surface area (Å²) >= 11 is 0. The Bertz CT molecular complexity index is 1410. The number of carbonyl (C=O) groups excluding carboxylic acids is 2. The van der Waals surface area contributed by atoms with E-state index in [9.17, 15) is 18.0 Å². The number of hydrogen-bond acceptors (Lipinski definition) is 8. The zero-order valence-electron chi connectivity index (χ0n) is 22.8. The number of amides is 2. The first-order valence-electron chi connectivity index (χ1n) is 12.4. The van der Waals surface area contributed by atoms with Gasteiger partial charge in [-0.1, -0.05) is 12.1 Å². The first-order chi connectivity index (χ1) is 19.2. The lowest BCUT2D eigenvalue weighted by atomic mass is 10.1. The fourth-order valence-corrected chi connectivity index (χ4v) is 5.20. The molecule has 0 saturated carbocycles. The minimum absolute atomic E-state index is 0.107. The van der Waals surface area contributed by atoms with Crippen molar-refractivity contribution in [1.82, 2.24) is 5.32 Å². The van der Waals surface area contributed by atoms with Crippen LogP contribution in [0.2, 0.25) is 0 Å². The standard InChI is InChI=1S/C28H33N3O8S/c1-5-39-21-12-10-20(11-13-21)31(40(34,35)22-14-15-25(37-3)26(18-22)38-4)19-27(32)30-24-9-7-6-8-23(24)28(33)29-16-17-36-2/h6-15,18H,5,16-17,19H2,1-4H3,(H,29,33)(H,30,32). The van der Waals surface area contributed by atoms with Gasteiger partial charge in [0.15, 0.2) is 11.5 Å². The van der Waals surface area contributed by atoms with Crippen molar-refractivity contribution in [2.45, 2.75) is 11.8 Å². The summed E-state index contributed by atoms with van der Waals surface area (Å²) in [6.45, 7) is 2.30. The summed E-state index contributed by atoms with van der Waals surface area (Å²) in [5.74, 6) is 0.0530. The molecule has 3 rings (SSSR count). The molecule has 0 unspecified atom stereocenters. The summed E-state index contributed by atoms with van der Waals surface area (Å²) in [5.41, 5.74) is 0.693. The first-order valence-corrected chi connectivity index (χ1v) is 13.8. The van der Waals surface area contributed by atoms with Crippen LogP contribution in [0.25, 0.3) is 0 Å². The van der Waals surface area contributed by atoms with Crippen molar-refractivity contribution >= 4 is 33.2 Å². The smallest absolute Gasteiger partial charge is 0.264 e. The van der Waals surface area contributed by atoms with Gasteiger partial charge in [-0.2, -0.15) is 0 Å². The van der Waals surface area contributed by atoms with Crippen molar-refractivity contribution in [2.75, 3.05) is 57.3 Å². The second-order valence-corrected chi connectivity index (χ2v) is 10.2. The van der Waals surface area contributed by atoms with E-state index in [4.69, 9.17) is 18.9 Å². The molecular weight excluding hydrogens is 538 g/mol. The molecule has 3 aromatic carbocycles. The van der Waals surface area contributed by atoms with E-state index in [0.717, 1.165) is 4.31 Å². The summed E-state index contributed by atoms with van der Waals surface area (Å²) in [6, 6.07) is 16.9. The second-order valence-electron chi connectivity index (χ2n) is 8.30. The third kappa shape index (κ3) is 7.42. The Morgan fingerprint density at radius 2 is 1.60 bits per heavy atom. The fourth-order valence-electron chi connectivity index (χ4n) is 3.77. The van der Waals surface area contributed by atoms with Crippen molar-refractivity contribution in [3.05, 3.63) is 72.3 Å². The number of hydrogen-bond donors (Lipinski definition) is 2. The Labute approximate surface area is 234 Å². The van der Waals surface area contributed by atoms with Gasteiger partial charge in [-0.15, -0.1) is 0 Å². The van der Waals surface area contributed by atoms with Crippen LogP contribution >= 0.6 is 0 Å². The fraction of sp³-hybridized carbons (Fsp3) is 0.286. The highest BCUT2D eigenvalue weighted by Gasteiger charge is 2.29. The molecule has 12 heteroatoms. The number of nitrogens with zero attached hydrogens (tertiary/aromatic N) is 1. The monoisotopic (exact) mass is 571 g/mol. The molecule has 214 valence electrons. The molecule has 0 aromatic heterocycles. The molecule has 0 aliphatic carbocycles. The molecule has 0 fully saturated rings. The average molecular weight is 572 g/mol. The van der Waals surface area contributed by atoms with E-state index in [1.807, 2.05) is 6.92 Å². The van der Waals surface area contributed by atoms with Crippen LogP contribution in [0.1, 0.15) is 17.3 Å². The molecule has 0 bridgehead atoms. The molecule has 0 aliphatic rings. The van der Waals surface area contributed by atoms with E-state index >= 15 is 0 Å². The van der Waals surface area contributed by atoms with Crippen LogP contribution in [0.4, 0.5) is 11.4 Å². The molecule has 0 saturated heterocycles. The van der Waals surface area contributed by atoms with Crippen molar-refractivity contribution in [1.29, 1.82) is 0 Å². The predicted octanol–water partition coefficient (Wildman–Crippen LogP) is 3.31. The molecule has 0 atom stereocenters. The number of anilines is 2. The lowest BCUT2D eigenvalue weighted by Gasteiger charge is -2.25. The zero-order chi connectivity index (χ0) is 29.1. The van der Waals surface area contributed by atoms with E-state index in [0.29, 0.717) is 24.7 Å². The van der Waals surface area contributed by atoms with Gasteiger partial charge in [0, 0.05) is 19.7 Å². The Kier molecular flexibility index (Phi) is 10.7. The van der Waals surface area contributed by atoms with Gasteiger partial charge in [-0.25, -0.2) is 8.42 Å². The van der Waals surface area contributed by atoms with Gasteiger partial charge in [-0.3, -0.25) is 13.9 Å². The number of nitrogens with one attached hydrogen (secondary N) is 2. The Morgan fingerprint density at radius 3 is 2.25 bits per heavy atom. The van der Waals surface area contributed by atoms with Crippen molar-refractivity contribution < 1.29 is 37.0 Å². The molecule has 40 heavy (non-hydrogen) atoms. The third-order valence-corrected chi connectivity index (χ3v) is 7.47. The molecule has 2 amide bonds. The van der Waals surface area contributed by atoms with E-state index in [1.54, 1.807) is 48.5 Å². The molecule has 2 N–H and O–H groups in total. The van der Waals surface area contributed by atoms with Crippen LogP contribution in [0.15, 0.2) is 71.6 Å².